The lowest BCUT2D eigenvalue weighted by Crippen LogP contribution is -2.28. The van der Waals surface area contributed by atoms with Crippen LogP contribution in [0.15, 0.2) is 279 Å². The van der Waals surface area contributed by atoms with E-state index in [1.807, 2.05) is 54.6 Å². The van der Waals surface area contributed by atoms with Gasteiger partial charge in [0.15, 0.2) is 34.9 Å². The van der Waals surface area contributed by atoms with Crippen molar-refractivity contribution in [1.29, 1.82) is 0 Å². The standard InChI is InChI=1S/C75H48N6/c1-6-20-48(21-7-1)69-76-70(49-22-8-2-9-23-49)79-73(78-69)53-38-41-60-63(45-53)67-58-31-16-17-32-59(58)68(60)64-46-54(39-42-61(64)67)74-80-71(50-24-10-3-11-25-50)77-72(81-74)51-36-34-47(35-37-51)52-40-43-66-62(44-52)57-30-18-19-33-65(57)75(66,55-26-12-4-13-27-55)56-28-14-5-15-29-56/h1-46,67-68H. The minimum absolute atomic E-state index is 0.00607. The first kappa shape index (κ1) is 46.5. The molecule has 0 spiro atoms. The van der Waals surface area contributed by atoms with E-state index in [2.05, 4.69) is 224 Å². The van der Waals surface area contributed by atoms with Crippen LogP contribution in [0, 0.1) is 0 Å². The Morgan fingerprint density at radius 2 is 0.531 bits per heavy atom. The quantitative estimate of drug-likeness (QED) is 0.143. The van der Waals surface area contributed by atoms with Gasteiger partial charge in [0.25, 0.3) is 0 Å². The highest BCUT2D eigenvalue weighted by molar-refractivity contribution is 5.89. The molecule has 0 saturated heterocycles. The van der Waals surface area contributed by atoms with E-state index in [9.17, 15) is 0 Å². The van der Waals surface area contributed by atoms with Gasteiger partial charge in [0, 0.05) is 45.2 Å². The van der Waals surface area contributed by atoms with E-state index in [1.165, 1.54) is 66.8 Å². The fraction of sp³-hybridized carbons (Fsp3) is 0.0400. The summed E-state index contributed by atoms with van der Waals surface area (Å²) in [5.41, 5.74) is 22.8. The van der Waals surface area contributed by atoms with Crippen molar-refractivity contribution in [1.82, 2.24) is 29.9 Å². The summed E-state index contributed by atoms with van der Waals surface area (Å²) in [7, 11) is 0. The first-order chi connectivity index (χ1) is 40.1. The molecule has 4 aliphatic rings. The summed E-state index contributed by atoms with van der Waals surface area (Å²) in [5.74, 6) is 3.84. The average Bonchev–Trinajstić information content (AvgIpc) is 4.04. The van der Waals surface area contributed by atoms with E-state index in [-0.39, 0.29) is 11.8 Å². The molecule has 0 N–H and O–H groups in total. The van der Waals surface area contributed by atoms with Crippen LogP contribution < -0.4 is 0 Å². The van der Waals surface area contributed by atoms with E-state index in [0.717, 1.165) is 44.5 Å². The molecule has 378 valence electrons. The molecule has 17 rings (SSSR count). The summed E-state index contributed by atoms with van der Waals surface area (Å²) in [6, 6.07) is 99.6. The van der Waals surface area contributed by atoms with Crippen LogP contribution in [0.1, 0.15) is 67.5 Å². The first-order valence-electron chi connectivity index (χ1n) is 27.7. The molecule has 0 saturated carbocycles. The molecule has 2 aromatic heterocycles. The highest BCUT2D eigenvalue weighted by Crippen LogP contribution is 2.58. The van der Waals surface area contributed by atoms with Gasteiger partial charge in [-0.25, -0.2) is 29.9 Å². The topological polar surface area (TPSA) is 77.3 Å². The fourth-order valence-corrected chi connectivity index (χ4v) is 13.2. The summed E-state index contributed by atoms with van der Waals surface area (Å²) < 4.78 is 0. The second kappa shape index (κ2) is 18.8. The lowest BCUT2D eigenvalue weighted by molar-refractivity contribution is 0.754. The molecule has 13 aromatic rings. The predicted octanol–water partition coefficient (Wildman–Crippen LogP) is 17.1. The van der Waals surface area contributed by atoms with Crippen LogP contribution in [-0.2, 0) is 5.41 Å². The Bertz CT molecular complexity index is 4470. The summed E-state index contributed by atoms with van der Waals surface area (Å²) >= 11 is 0. The number of benzene rings is 11. The molecule has 0 aliphatic heterocycles. The van der Waals surface area contributed by atoms with E-state index < -0.39 is 5.41 Å². The fourth-order valence-electron chi connectivity index (χ4n) is 13.2. The van der Waals surface area contributed by atoms with Crippen molar-refractivity contribution >= 4 is 0 Å². The first-order valence-corrected chi connectivity index (χ1v) is 27.7. The Morgan fingerprint density at radius 1 is 0.210 bits per heavy atom. The van der Waals surface area contributed by atoms with Crippen LogP contribution in [0.25, 0.3) is 90.6 Å². The SMILES string of the molecule is c1ccc(-c2nc(-c3ccccc3)nc(-c3ccc4c(c3)C3c5ccccc5C4c4cc(-c5nc(-c6ccccc6)nc(-c6ccc(-c7ccc8c(c7)-c7ccccc7C8(c7ccccc7)c7ccccc7)cc6)n5)ccc43)n2)cc1. The predicted molar refractivity (Wildman–Crippen MR) is 323 cm³/mol. The largest absolute Gasteiger partial charge is 0.208 e. The number of hydrogen-bond donors (Lipinski definition) is 0. The second-order valence-corrected chi connectivity index (χ2v) is 21.3. The van der Waals surface area contributed by atoms with E-state index >= 15 is 0 Å². The Balaban J connectivity index is 0.770. The van der Waals surface area contributed by atoms with Gasteiger partial charge in [-0.2, -0.15) is 0 Å². The van der Waals surface area contributed by atoms with E-state index in [0.29, 0.717) is 34.9 Å². The molecule has 2 bridgehead atoms. The summed E-state index contributed by atoms with van der Waals surface area (Å²) in [6.45, 7) is 0. The van der Waals surface area contributed by atoms with Crippen molar-refractivity contribution in [2.75, 3.05) is 0 Å². The lowest BCUT2D eigenvalue weighted by atomic mass is 9.61. The maximum atomic E-state index is 5.31. The third-order valence-corrected chi connectivity index (χ3v) is 16.9. The van der Waals surface area contributed by atoms with Gasteiger partial charge in [-0.3, -0.25) is 0 Å². The van der Waals surface area contributed by atoms with Gasteiger partial charge in [-0.1, -0.05) is 261 Å². The van der Waals surface area contributed by atoms with Crippen LogP contribution in [0.5, 0.6) is 0 Å². The highest BCUT2D eigenvalue weighted by Gasteiger charge is 2.46. The molecule has 6 heteroatoms. The third-order valence-electron chi connectivity index (χ3n) is 16.9. The molecule has 2 unspecified atom stereocenters. The normalized spacial score (nSPS) is 14.8. The molecule has 6 nitrogen and oxygen atoms in total. The molecule has 0 fully saturated rings. The van der Waals surface area contributed by atoms with Gasteiger partial charge < -0.3 is 0 Å². The minimum atomic E-state index is -0.445. The van der Waals surface area contributed by atoms with Crippen LogP contribution in [-0.4, -0.2) is 29.9 Å². The van der Waals surface area contributed by atoms with Crippen molar-refractivity contribution in [3.05, 3.63) is 335 Å². The second-order valence-electron chi connectivity index (χ2n) is 21.3. The summed E-state index contributed by atoms with van der Waals surface area (Å²) in [5, 5.41) is 0. The minimum Gasteiger partial charge on any atom is -0.208 e. The van der Waals surface area contributed by atoms with Crippen molar-refractivity contribution in [2.45, 2.75) is 17.3 Å². The maximum absolute atomic E-state index is 5.31. The van der Waals surface area contributed by atoms with Gasteiger partial charge in [0.1, 0.15) is 0 Å². The zero-order valence-electron chi connectivity index (χ0n) is 43.9. The zero-order chi connectivity index (χ0) is 53.4. The molecule has 0 amide bonds. The molecule has 0 radical (unpaired) electrons. The van der Waals surface area contributed by atoms with Gasteiger partial charge in [-0.05, 0) is 96.1 Å². The van der Waals surface area contributed by atoms with Crippen LogP contribution in [0.4, 0.5) is 0 Å². The van der Waals surface area contributed by atoms with Crippen LogP contribution in [0.2, 0.25) is 0 Å². The monoisotopic (exact) mass is 1030 g/mol. The van der Waals surface area contributed by atoms with Crippen LogP contribution in [0.3, 0.4) is 0 Å². The summed E-state index contributed by atoms with van der Waals surface area (Å²) in [4.78, 5) is 30.9. The van der Waals surface area contributed by atoms with Crippen molar-refractivity contribution in [3.8, 4) is 90.6 Å². The number of aromatic nitrogens is 6. The average molecular weight is 1030 g/mol. The lowest BCUT2D eigenvalue weighted by Gasteiger charge is -2.42. The molecule has 2 atom stereocenters. The maximum Gasteiger partial charge on any atom is 0.164 e. The molecular formula is C75H48N6. The Labute approximate surface area is 470 Å². The summed E-state index contributed by atoms with van der Waals surface area (Å²) in [6.07, 6.45) is 0. The number of hydrogen-bond acceptors (Lipinski definition) is 6. The molecule has 2 heterocycles. The number of fused-ring (bicyclic) bond motifs is 3. The Hall–Kier alpha value is -10.6. The van der Waals surface area contributed by atoms with Crippen LogP contribution >= 0.6 is 0 Å². The van der Waals surface area contributed by atoms with Gasteiger partial charge >= 0.3 is 0 Å². The zero-order valence-corrected chi connectivity index (χ0v) is 43.9. The Kier molecular flexibility index (Phi) is 10.8. The highest BCUT2D eigenvalue weighted by atomic mass is 15.0. The van der Waals surface area contributed by atoms with Crippen molar-refractivity contribution in [3.63, 3.8) is 0 Å². The van der Waals surface area contributed by atoms with E-state index in [4.69, 9.17) is 29.9 Å². The van der Waals surface area contributed by atoms with E-state index in [1.54, 1.807) is 0 Å². The molecular weight excluding hydrogens is 985 g/mol. The number of nitrogens with zero attached hydrogens (tertiary/aromatic N) is 6. The third kappa shape index (κ3) is 7.56. The Morgan fingerprint density at radius 3 is 0.988 bits per heavy atom. The van der Waals surface area contributed by atoms with Gasteiger partial charge in [0.05, 0.1) is 5.41 Å². The van der Waals surface area contributed by atoms with Gasteiger partial charge in [-0.15, -0.1) is 0 Å². The molecule has 81 heavy (non-hydrogen) atoms. The number of rotatable bonds is 9. The molecule has 4 aliphatic carbocycles. The molecule has 11 aromatic carbocycles. The van der Waals surface area contributed by atoms with Crippen molar-refractivity contribution < 1.29 is 0 Å². The van der Waals surface area contributed by atoms with Crippen molar-refractivity contribution in [2.24, 2.45) is 0 Å². The smallest absolute Gasteiger partial charge is 0.164 e. The van der Waals surface area contributed by atoms with Gasteiger partial charge in [0.2, 0.25) is 0 Å².